The molecule has 0 unspecified atom stereocenters. The van der Waals surface area contributed by atoms with Gasteiger partial charge in [0.2, 0.25) is 0 Å². The number of carbonyl (C=O) groups is 1. The molecule has 0 saturated carbocycles. The second-order valence-corrected chi connectivity index (χ2v) is 11.2. The lowest BCUT2D eigenvalue weighted by Gasteiger charge is -2.47. The summed E-state index contributed by atoms with van der Waals surface area (Å²) in [7, 11) is -2.83. The van der Waals surface area contributed by atoms with Crippen molar-refractivity contribution in [2.75, 3.05) is 21.9 Å². The van der Waals surface area contributed by atoms with Gasteiger partial charge in [0.1, 0.15) is 5.00 Å². The number of aromatic nitrogens is 1. The molecule has 3 N–H and O–H groups in total. The summed E-state index contributed by atoms with van der Waals surface area (Å²) in [4.78, 5) is 17.1. The Kier molecular flexibility index (Phi) is 6.90. The van der Waals surface area contributed by atoms with E-state index in [-0.39, 0.29) is 12.3 Å². The van der Waals surface area contributed by atoms with Crippen molar-refractivity contribution in [2.24, 2.45) is 0 Å². The molecule has 1 amide bonds. The third-order valence-corrected chi connectivity index (χ3v) is 8.49. The van der Waals surface area contributed by atoms with Crippen LogP contribution in [-0.4, -0.2) is 32.3 Å². The fourth-order valence-corrected chi connectivity index (χ4v) is 6.42. The van der Waals surface area contributed by atoms with E-state index in [0.717, 1.165) is 25.0 Å². The Morgan fingerprint density at radius 3 is 2.59 bits per heavy atom. The Labute approximate surface area is 200 Å². The number of halogens is 3. The summed E-state index contributed by atoms with van der Waals surface area (Å²) >= 11 is 1.22. The van der Waals surface area contributed by atoms with Crippen LogP contribution in [0.25, 0.3) is 0 Å². The standard InChI is InChI=1S/C23H24F3N3O3S2/c1-15-22(33-20(27-15)14-16-5-4-6-18(13-16)23(24,25)26)28-21(30)17-7-9-19(10-8-17)29-11-2-3-12-34(29,31)32/h4-10,13,31-32H,2-3,11-12,14H2,1H3,(H,28,30). The Bertz CT molecular complexity index is 1180. The highest BCUT2D eigenvalue weighted by molar-refractivity contribution is 8.25. The number of amides is 1. The third-order valence-electron chi connectivity index (χ3n) is 5.48. The Morgan fingerprint density at radius 1 is 1.18 bits per heavy atom. The molecule has 34 heavy (non-hydrogen) atoms. The molecule has 11 heteroatoms. The lowest BCUT2D eigenvalue weighted by molar-refractivity contribution is -0.137. The van der Waals surface area contributed by atoms with Crippen molar-refractivity contribution in [3.8, 4) is 0 Å². The first-order valence-corrected chi connectivity index (χ1v) is 13.1. The summed E-state index contributed by atoms with van der Waals surface area (Å²) in [6, 6.07) is 11.7. The molecule has 0 radical (unpaired) electrons. The summed E-state index contributed by atoms with van der Waals surface area (Å²) in [5.41, 5.74) is 1.40. The van der Waals surface area contributed by atoms with Gasteiger partial charge in [-0.15, -0.1) is 22.1 Å². The number of hydrogen-bond donors (Lipinski definition) is 3. The van der Waals surface area contributed by atoms with Gasteiger partial charge in [0.05, 0.1) is 27.7 Å². The van der Waals surface area contributed by atoms with Gasteiger partial charge in [0.15, 0.2) is 0 Å². The topological polar surface area (TPSA) is 85.7 Å². The number of nitrogens with one attached hydrogen (secondary N) is 1. The molecule has 182 valence electrons. The van der Waals surface area contributed by atoms with Gasteiger partial charge in [-0.2, -0.15) is 13.2 Å². The van der Waals surface area contributed by atoms with Crippen LogP contribution in [0.4, 0.5) is 23.9 Å². The van der Waals surface area contributed by atoms with E-state index in [0.29, 0.717) is 44.8 Å². The number of nitrogens with zero attached hydrogens (tertiary/aromatic N) is 2. The van der Waals surface area contributed by atoms with Crippen molar-refractivity contribution in [3.05, 3.63) is 75.9 Å². The number of benzene rings is 2. The van der Waals surface area contributed by atoms with Crippen LogP contribution in [0, 0.1) is 6.92 Å². The molecule has 1 aromatic heterocycles. The molecular weight excluding hydrogens is 487 g/mol. The number of thiazole rings is 1. The van der Waals surface area contributed by atoms with Crippen LogP contribution in [-0.2, 0) is 12.6 Å². The molecule has 1 aliphatic rings. The summed E-state index contributed by atoms with van der Waals surface area (Å²) in [6.45, 7) is 2.27. The second-order valence-electron chi connectivity index (χ2n) is 8.04. The fourth-order valence-electron chi connectivity index (χ4n) is 3.74. The molecule has 0 spiro atoms. The lowest BCUT2D eigenvalue weighted by atomic mass is 10.1. The van der Waals surface area contributed by atoms with Gasteiger partial charge in [-0.25, -0.2) is 4.98 Å². The van der Waals surface area contributed by atoms with Gasteiger partial charge >= 0.3 is 6.18 Å². The predicted octanol–water partition coefficient (Wildman–Crippen LogP) is 6.58. The molecule has 6 nitrogen and oxygen atoms in total. The quantitative estimate of drug-likeness (QED) is 0.360. The van der Waals surface area contributed by atoms with Crippen molar-refractivity contribution in [3.63, 3.8) is 0 Å². The zero-order valence-corrected chi connectivity index (χ0v) is 19.9. The van der Waals surface area contributed by atoms with Crippen molar-refractivity contribution in [2.45, 2.75) is 32.4 Å². The highest BCUT2D eigenvalue weighted by atomic mass is 32.3. The highest BCUT2D eigenvalue weighted by Gasteiger charge is 2.30. The summed E-state index contributed by atoms with van der Waals surface area (Å²) in [5.74, 6) is -0.0166. The van der Waals surface area contributed by atoms with Gasteiger partial charge in [0, 0.05) is 18.5 Å². The maximum atomic E-state index is 13.0. The molecule has 0 bridgehead atoms. The molecular formula is C23H24F3N3O3S2. The van der Waals surface area contributed by atoms with Crippen molar-refractivity contribution >= 4 is 38.7 Å². The van der Waals surface area contributed by atoms with E-state index in [1.807, 2.05) is 0 Å². The zero-order valence-electron chi connectivity index (χ0n) is 18.3. The predicted molar refractivity (Wildman–Crippen MR) is 130 cm³/mol. The molecule has 1 aliphatic heterocycles. The maximum absolute atomic E-state index is 13.0. The molecule has 4 rings (SSSR count). The molecule has 1 saturated heterocycles. The van der Waals surface area contributed by atoms with E-state index in [1.165, 1.54) is 17.4 Å². The van der Waals surface area contributed by atoms with Gasteiger partial charge in [-0.05, 0) is 55.7 Å². The first-order valence-electron chi connectivity index (χ1n) is 10.6. The highest BCUT2D eigenvalue weighted by Crippen LogP contribution is 2.49. The van der Waals surface area contributed by atoms with Crippen molar-refractivity contribution < 1.29 is 27.1 Å². The molecule has 0 aliphatic carbocycles. The molecule has 1 fully saturated rings. The van der Waals surface area contributed by atoms with E-state index in [9.17, 15) is 27.1 Å². The Balaban J connectivity index is 1.44. The largest absolute Gasteiger partial charge is 0.416 e. The van der Waals surface area contributed by atoms with Gasteiger partial charge in [-0.3, -0.25) is 18.2 Å². The van der Waals surface area contributed by atoms with Gasteiger partial charge in [-0.1, -0.05) is 18.2 Å². The number of rotatable bonds is 5. The van der Waals surface area contributed by atoms with Crippen LogP contribution in [0.1, 0.15) is 45.0 Å². The third kappa shape index (κ3) is 5.54. The molecule has 2 heterocycles. The summed E-state index contributed by atoms with van der Waals surface area (Å²) in [6.07, 6.45) is -2.55. The molecule has 2 aromatic carbocycles. The van der Waals surface area contributed by atoms with Crippen LogP contribution in [0.2, 0.25) is 0 Å². The van der Waals surface area contributed by atoms with Crippen LogP contribution in [0.3, 0.4) is 0 Å². The minimum Gasteiger partial charge on any atom is -0.312 e. The average molecular weight is 512 g/mol. The van der Waals surface area contributed by atoms with E-state index in [2.05, 4.69) is 10.3 Å². The van der Waals surface area contributed by atoms with E-state index in [1.54, 1.807) is 41.6 Å². The zero-order chi connectivity index (χ0) is 24.5. The lowest BCUT2D eigenvalue weighted by Crippen LogP contribution is -2.34. The van der Waals surface area contributed by atoms with Gasteiger partial charge < -0.3 is 5.32 Å². The number of aryl methyl sites for hydroxylation is 1. The number of carbonyl (C=O) groups excluding carboxylic acids is 1. The Hall–Kier alpha value is -2.60. The minimum atomic E-state index is -4.41. The summed E-state index contributed by atoms with van der Waals surface area (Å²) < 4.78 is 61.0. The van der Waals surface area contributed by atoms with Crippen LogP contribution in [0.5, 0.6) is 0 Å². The molecule has 3 aromatic rings. The SMILES string of the molecule is Cc1nc(Cc2cccc(C(F)(F)F)c2)sc1NC(=O)c1ccc(N2CCCCS2(O)O)cc1. The smallest absolute Gasteiger partial charge is 0.312 e. The first-order chi connectivity index (χ1) is 16.0. The first kappa shape index (κ1) is 24.5. The maximum Gasteiger partial charge on any atom is 0.416 e. The second kappa shape index (κ2) is 9.57. The monoisotopic (exact) mass is 511 g/mol. The minimum absolute atomic E-state index is 0.224. The molecule has 0 atom stereocenters. The number of alkyl halides is 3. The van der Waals surface area contributed by atoms with E-state index in [4.69, 9.17) is 0 Å². The van der Waals surface area contributed by atoms with E-state index < -0.39 is 22.5 Å². The number of anilines is 2. The van der Waals surface area contributed by atoms with Crippen LogP contribution < -0.4 is 9.62 Å². The van der Waals surface area contributed by atoms with E-state index >= 15 is 0 Å². The normalized spacial score (nSPS) is 16.8. The van der Waals surface area contributed by atoms with Gasteiger partial charge in [0.25, 0.3) is 5.91 Å². The average Bonchev–Trinajstić information content (AvgIpc) is 3.11. The van der Waals surface area contributed by atoms with Crippen molar-refractivity contribution in [1.29, 1.82) is 0 Å². The summed E-state index contributed by atoms with van der Waals surface area (Å²) in [5, 5.41) is 3.94. The Morgan fingerprint density at radius 2 is 1.91 bits per heavy atom. The van der Waals surface area contributed by atoms with Crippen molar-refractivity contribution in [1.82, 2.24) is 4.98 Å². The van der Waals surface area contributed by atoms with Crippen LogP contribution >= 0.6 is 22.1 Å². The number of hydrogen-bond acceptors (Lipinski definition) is 6. The van der Waals surface area contributed by atoms with Crippen LogP contribution in [0.15, 0.2) is 48.5 Å². The fraction of sp³-hybridized carbons (Fsp3) is 0.304.